The van der Waals surface area contributed by atoms with Gasteiger partial charge in [-0.15, -0.1) is 0 Å². The highest BCUT2D eigenvalue weighted by molar-refractivity contribution is 5.50. The van der Waals surface area contributed by atoms with Crippen LogP contribution in [0.25, 0.3) is 0 Å². The number of rotatable bonds is 1. The third kappa shape index (κ3) is 20.2. The number of aryl methyl sites for hydroxylation is 2. The lowest BCUT2D eigenvalue weighted by molar-refractivity contribution is 0.272. The summed E-state index contributed by atoms with van der Waals surface area (Å²) in [5.74, 6) is 3.22. The van der Waals surface area contributed by atoms with E-state index in [9.17, 15) is 8.78 Å². The van der Waals surface area contributed by atoms with Crippen LogP contribution in [0.2, 0.25) is 0 Å². The van der Waals surface area contributed by atoms with Crippen molar-refractivity contribution in [3.8, 4) is 23.0 Å². The lowest BCUT2D eigenvalue weighted by atomic mass is 9.81. The maximum absolute atomic E-state index is 13.9. The fourth-order valence-corrected chi connectivity index (χ4v) is 9.78. The second-order valence-electron chi connectivity index (χ2n) is 27.8. The van der Waals surface area contributed by atoms with Gasteiger partial charge in [-0.05, 0) is 190 Å². The molecule has 0 spiro atoms. The molecule has 0 aliphatic carbocycles. The maximum Gasteiger partial charge on any atom is 0.165 e. The van der Waals surface area contributed by atoms with Crippen molar-refractivity contribution in [3.63, 3.8) is 0 Å². The summed E-state index contributed by atoms with van der Waals surface area (Å²) < 4.78 is 48.2. The maximum atomic E-state index is 13.9. The summed E-state index contributed by atoms with van der Waals surface area (Å²) in [6.07, 6.45) is 6.56. The predicted molar refractivity (Wildman–Crippen MR) is 333 cm³/mol. The van der Waals surface area contributed by atoms with Gasteiger partial charge in [0.15, 0.2) is 11.6 Å². The number of methoxy groups -OCH3 is 1. The van der Waals surface area contributed by atoms with Crippen LogP contribution in [0, 0.1) is 32.4 Å². The zero-order valence-corrected chi connectivity index (χ0v) is 53.1. The molecular weight excluding hydrogens is 979 g/mol. The predicted octanol–water partition coefficient (Wildman–Crippen LogP) is 20.1. The van der Waals surface area contributed by atoms with E-state index in [1.54, 1.807) is 13.2 Å². The molecule has 0 saturated heterocycles. The largest absolute Gasteiger partial charge is 0.497 e. The van der Waals surface area contributed by atoms with Gasteiger partial charge in [0.1, 0.15) is 23.1 Å². The number of fused-ring (bicyclic) bond motifs is 3. The van der Waals surface area contributed by atoms with E-state index in [2.05, 4.69) is 212 Å². The molecule has 0 atom stereocenters. The van der Waals surface area contributed by atoms with Gasteiger partial charge in [0, 0.05) is 5.56 Å². The van der Waals surface area contributed by atoms with Crippen molar-refractivity contribution < 1.29 is 27.7 Å². The first-order chi connectivity index (χ1) is 36.5. The molecule has 79 heavy (non-hydrogen) atoms. The Morgan fingerprint density at radius 1 is 0.392 bits per heavy atom. The molecule has 6 aromatic rings. The highest BCUT2D eigenvalue weighted by atomic mass is 19.1. The van der Waals surface area contributed by atoms with E-state index in [1.165, 1.54) is 80.6 Å². The molecule has 0 saturated carbocycles. The van der Waals surface area contributed by atoms with Gasteiger partial charge in [0.25, 0.3) is 0 Å². The average Bonchev–Trinajstić information content (AvgIpc) is 3.37. The first-order valence-corrected chi connectivity index (χ1v) is 29.0. The van der Waals surface area contributed by atoms with E-state index in [0.717, 1.165) is 67.3 Å². The summed E-state index contributed by atoms with van der Waals surface area (Å²) in [4.78, 5) is 0. The molecule has 6 heteroatoms. The van der Waals surface area contributed by atoms with Crippen LogP contribution in [0.3, 0.4) is 0 Å². The molecule has 0 amide bonds. The highest BCUT2D eigenvalue weighted by Gasteiger charge is 2.26. The zero-order valence-electron chi connectivity index (χ0n) is 53.1. The normalized spacial score (nSPS) is 13.9. The van der Waals surface area contributed by atoms with Crippen LogP contribution in [0.5, 0.6) is 23.0 Å². The lowest BCUT2D eigenvalue weighted by Crippen LogP contribution is -2.18. The molecule has 6 aromatic carbocycles. The SMILES string of the molecule is CC(C)(C)c1ccc(F)cc1.CC(C)(C)c1ccc2c(c1)CCCO2.COc1ccc(C(C)(C)C)cc1.Cc1c(C(C)(C)C)cc(F)c2c1CCCO2.Cc1c(C(C)(C)C)ccc2c1CCCO2.Cc1ccc(C(C)(C)C)cc1. The van der Waals surface area contributed by atoms with Gasteiger partial charge in [0.2, 0.25) is 0 Å². The van der Waals surface area contributed by atoms with Crippen molar-refractivity contribution >= 4 is 0 Å². The lowest BCUT2D eigenvalue weighted by Gasteiger charge is -2.27. The molecule has 0 radical (unpaired) electrons. The standard InChI is InChI=1S/C14H19FO.C14H20O.C13H18O.C11H16O.C11H16.C10H13F/c1-9-10-6-5-7-16-13(10)12(15)8-11(9)14(2,3)4;1-10-11-6-5-9-15-13(11)8-7-12(10)14(2,3)4;1-13(2,3)11-6-7-12-10(9-11)5-4-8-14-12;1-11(2,3)9-5-7-10(12-4)8-6-9;1-9-5-7-10(8-6-9)11(2,3)4;1-10(2,3)8-4-6-9(11)7-5-8/h8H,5-7H2,1-4H3;7-8H,5-6,9H2,1-4H3;6-7,9H,4-5,8H2,1-3H3;5-8H,1-4H3;5-8H,1-4H3;4-7H,1-3H3. The van der Waals surface area contributed by atoms with E-state index in [0.29, 0.717) is 12.4 Å². The monoisotopic (exact) mass is 1080 g/mol. The molecule has 4 nitrogen and oxygen atoms in total. The van der Waals surface area contributed by atoms with Gasteiger partial charge in [-0.25, -0.2) is 8.78 Å². The number of benzene rings is 6. The second-order valence-corrected chi connectivity index (χ2v) is 27.8. The van der Waals surface area contributed by atoms with Gasteiger partial charge in [-0.2, -0.15) is 0 Å². The van der Waals surface area contributed by atoms with E-state index in [1.807, 2.05) is 24.3 Å². The Labute approximate surface area is 479 Å². The number of ether oxygens (including phenoxy) is 4. The Hall–Kier alpha value is -5.62. The fraction of sp³-hybridized carbons (Fsp3) is 0.507. The van der Waals surface area contributed by atoms with Crippen LogP contribution >= 0.6 is 0 Å². The quantitative estimate of drug-likeness (QED) is 0.164. The zero-order chi connectivity index (χ0) is 59.3. The summed E-state index contributed by atoms with van der Waals surface area (Å²) in [6.45, 7) is 48.4. The number of hydrogen-bond donors (Lipinski definition) is 0. The topological polar surface area (TPSA) is 36.9 Å². The molecule has 0 unspecified atom stereocenters. The highest BCUT2D eigenvalue weighted by Crippen LogP contribution is 2.38. The van der Waals surface area contributed by atoms with Gasteiger partial charge < -0.3 is 18.9 Å². The molecule has 3 heterocycles. The van der Waals surface area contributed by atoms with Crippen molar-refractivity contribution in [2.24, 2.45) is 0 Å². The Balaban J connectivity index is 0.000000206. The fourth-order valence-electron chi connectivity index (χ4n) is 9.78. The summed E-state index contributed by atoms with van der Waals surface area (Å²) in [6, 6.07) is 36.2. The van der Waals surface area contributed by atoms with Crippen LogP contribution in [0.4, 0.5) is 8.78 Å². The Bertz CT molecular complexity index is 2780. The van der Waals surface area contributed by atoms with Crippen LogP contribution in [-0.4, -0.2) is 26.9 Å². The average molecular weight is 1080 g/mol. The van der Waals surface area contributed by atoms with E-state index < -0.39 is 0 Å². The molecule has 0 fully saturated rings. The summed E-state index contributed by atoms with van der Waals surface area (Å²) >= 11 is 0. The Morgan fingerprint density at radius 2 is 0.797 bits per heavy atom. The Kier molecular flexibility index (Phi) is 23.1. The van der Waals surface area contributed by atoms with E-state index >= 15 is 0 Å². The third-order valence-electron chi connectivity index (χ3n) is 14.8. The first kappa shape index (κ1) is 65.9. The minimum absolute atomic E-state index is 0.0165. The van der Waals surface area contributed by atoms with Gasteiger partial charge >= 0.3 is 0 Å². The molecule has 3 aliphatic heterocycles. The van der Waals surface area contributed by atoms with Crippen molar-refractivity contribution in [2.45, 2.75) is 216 Å². The molecule has 432 valence electrons. The second kappa shape index (κ2) is 27.7. The molecule has 0 aromatic heterocycles. The molecule has 0 N–H and O–H groups in total. The minimum atomic E-state index is -0.203. The van der Waals surface area contributed by atoms with Crippen molar-refractivity contribution in [1.82, 2.24) is 0 Å². The van der Waals surface area contributed by atoms with Gasteiger partial charge in [-0.3, -0.25) is 0 Å². The van der Waals surface area contributed by atoms with Crippen molar-refractivity contribution in [3.05, 3.63) is 188 Å². The van der Waals surface area contributed by atoms with Crippen molar-refractivity contribution in [1.29, 1.82) is 0 Å². The molecule has 0 bridgehead atoms. The molecule has 3 aliphatic rings. The van der Waals surface area contributed by atoms with Crippen LogP contribution < -0.4 is 18.9 Å². The summed E-state index contributed by atoms with van der Waals surface area (Å²) in [7, 11) is 1.69. The minimum Gasteiger partial charge on any atom is -0.497 e. The van der Waals surface area contributed by atoms with Crippen LogP contribution in [0.15, 0.2) is 109 Å². The van der Waals surface area contributed by atoms with Crippen molar-refractivity contribution in [2.75, 3.05) is 26.9 Å². The summed E-state index contributed by atoms with van der Waals surface area (Å²) in [5.41, 5.74) is 16.8. The molecular formula is C73H102F2O4. The van der Waals surface area contributed by atoms with Gasteiger partial charge in [-0.1, -0.05) is 197 Å². The van der Waals surface area contributed by atoms with E-state index in [-0.39, 0.29) is 44.1 Å². The summed E-state index contributed by atoms with van der Waals surface area (Å²) in [5, 5.41) is 0. The molecule has 9 rings (SSSR count). The van der Waals surface area contributed by atoms with Crippen LogP contribution in [0.1, 0.15) is 211 Å². The Morgan fingerprint density at radius 3 is 1.28 bits per heavy atom. The first-order valence-electron chi connectivity index (χ1n) is 29.0. The third-order valence-corrected chi connectivity index (χ3v) is 14.8. The van der Waals surface area contributed by atoms with E-state index in [4.69, 9.17) is 18.9 Å². The smallest absolute Gasteiger partial charge is 0.165 e. The van der Waals surface area contributed by atoms with Gasteiger partial charge in [0.05, 0.1) is 26.9 Å². The number of halogens is 2. The van der Waals surface area contributed by atoms with Crippen LogP contribution in [-0.2, 0) is 51.8 Å². The number of hydrogen-bond acceptors (Lipinski definition) is 4.